The van der Waals surface area contributed by atoms with E-state index in [1.807, 2.05) is 25.1 Å². The van der Waals surface area contributed by atoms with Crippen LogP contribution >= 0.6 is 22.9 Å². The minimum atomic E-state index is 0.168. The maximum absolute atomic E-state index is 6.28. The number of ether oxygens (including phenoxy) is 1. The average molecular weight is 436 g/mol. The molecule has 0 aliphatic carbocycles. The maximum Gasteiger partial charge on any atom is 0.194 e. The molecule has 1 atom stereocenters. The molecule has 6 nitrogen and oxygen atoms in total. The van der Waals surface area contributed by atoms with Gasteiger partial charge >= 0.3 is 0 Å². The van der Waals surface area contributed by atoms with Gasteiger partial charge in [-0.1, -0.05) is 23.7 Å². The van der Waals surface area contributed by atoms with Gasteiger partial charge in [0.25, 0.3) is 0 Å². The first-order valence-corrected chi connectivity index (χ1v) is 11.3. The minimum Gasteiger partial charge on any atom is -0.379 e. The van der Waals surface area contributed by atoms with Gasteiger partial charge < -0.3 is 15.0 Å². The average Bonchev–Trinajstić information content (AvgIpc) is 3.12. The Hall–Kier alpha value is -1.67. The van der Waals surface area contributed by atoms with E-state index in [9.17, 15) is 0 Å². The number of rotatable bonds is 7. The zero-order valence-corrected chi connectivity index (χ0v) is 19.0. The lowest BCUT2D eigenvalue weighted by Crippen LogP contribution is -2.42. The second-order valence-electron chi connectivity index (χ2n) is 7.13. The minimum absolute atomic E-state index is 0.168. The third-order valence-corrected chi connectivity index (χ3v) is 5.95. The molecule has 1 saturated heterocycles. The topological polar surface area (TPSA) is 53.0 Å². The monoisotopic (exact) mass is 435 g/mol. The van der Waals surface area contributed by atoms with Gasteiger partial charge in [0.15, 0.2) is 5.96 Å². The molecule has 0 saturated carbocycles. The lowest BCUT2D eigenvalue weighted by atomic mass is 10.0. The number of aromatic nitrogens is 1. The van der Waals surface area contributed by atoms with Crippen LogP contribution < -0.4 is 5.32 Å². The molecule has 0 radical (unpaired) electrons. The zero-order chi connectivity index (χ0) is 20.6. The molecule has 1 aliphatic heterocycles. The summed E-state index contributed by atoms with van der Waals surface area (Å²) in [5.74, 6) is 0.887. The Kier molecular flexibility index (Phi) is 8.29. The van der Waals surface area contributed by atoms with Crippen molar-refractivity contribution in [3.8, 4) is 0 Å². The molecule has 1 fully saturated rings. The molecule has 2 heterocycles. The van der Waals surface area contributed by atoms with E-state index in [0.29, 0.717) is 6.54 Å². The highest BCUT2D eigenvalue weighted by Gasteiger charge is 2.23. The first-order valence-electron chi connectivity index (χ1n) is 10.0. The number of morpholine rings is 1. The van der Waals surface area contributed by atoms with Crippen LogP contribution in [0.5, 0.6) is 0 Å². The van der Waals surface area contributed by atoms with Crippen LogP contribution in [-0.2, 0) is 11.3 Å². The summed E-state index contributed by atoms with van der Waals surface area (Å²) in [5.41, 5.74) is 2.26. The van der Waals surface area contributed by atoms with E-state index >= 15 is 0 Å². The molecule has 1 N–H and O–H groups in total. The number of benzene rings is 1. The zero-order valence-electron chi connectivity index (χ0n) is 17.4. The molecule has 0 amide bonds. The molecule has 158 valence electrons. The summed E-state index contributed by atoms with van der Waals surface area (Å²) in [5, 5.41) is 7.37. The summed E-state index contributed by atoms with van der Waals surface area (Å²) in [6.45, 7) is 9.64. The molecular formula is C21H30ClN5OS. The summed E-state index contributed by atoms with van der Waals surface area (Å²) in [7, 11) is 2.05. The van der Waals surface area contributed by atoms with Crippen molar-refractivity contribution >= 4 is 28.9 Å². The fraction of sp³-hybridized carbons (Fsp3) is 0.524. The molecule has 29 heavy (non-hydrogen) atoms. The van der Waals surface area contributed by atoms with E-state index in [2.05, 4.69) is 45.5 Å². The van der Waals surface area contributed by atoms with Crippen LogP contribution in [0.2, 0.25) is 5.02 Å². The molecule has 2 aromatic rings. The van der Waals surface area contributed by atoms with Crippen molar-refractivity contribution in [2.45, 2.75) is 26.4 Å². The van der Waals surface area contributed by atoms with Gasteiger partial charge in [0.2, 0.25) is 0 Å². The molecule has 1 aliphatic rings. The van der Waals surface area contributed by atoms with Gasteiger partial charge in [-0.15, -0.1) is 11.3 Å². The molecule has 0 bridgehead atoms. The number of aryl methyl sites for hydroxylation is 1. The molecule has 3 rings (SSSR count). The highest BCUT2D eigenvalue weighted by atomic mass is 35.5. The third kappa shape index (κ3) is 6.40. The quantitative estimate of drug-likeness (QED) is 0.532. The van der Waals surface area contributed by atoms with Crippen LogP contribution in [-0.4, -0.2) is 67.2 Å². The Morgan fingerprint density at radius 2 is 2.21 bits per heavy atom. The highest BCUT2D eigenvalue weighted by molar-refractivity contribution is 7.09. The summed E-state index contributed by atoms with van der Waals surface area (Å²) in [6.07, 6.45) is 0. The van der Waals surface area contributed by atoms with E-state index in [0.717, 1.165) is 61.1 Å². The summed E-state index contributed by atoms with van der Waals surface area (Å²) in [6, 6.07) is 8.28. The summed E-state index contributed by atoms with van der Waals surface area (Å²) >= 11 is 7.96. The van der Waals surface area contributed by atoms with Crippen LogP contribution in [0.3, 0.4) is 0 Å². The van der Waals surface area contributed by atoms with Crippen LogP contribution in [0, 0.1) is 6.92 Å². The summed E-state index contributed by atoms with van der Waals surface area (Å²) < 4.78 is 5.55. The second kappa shape index (κ2) is 10.9. The Morgan fingerprint density at radius 3 is 2.86 bits per heavy atom. The van der Waals surface area contributed by atoms with Gasteiger partial charge in [-0.3, -0.25) is 9.89 Å². The van der Waals surface area contributed by atoms with Crippen molar-refractivity contribution < 1.29 is 4.74 Å². The number of thiazole rings is 1. The van der Waals surface area contributed by atoms with Gasteiger partial charge in [0.05, 0.1) is 43.0 Å². The molecular weight excluding hydrogens is 406 g/mol. The van der Waals surface area contributed by atoms with Gasteiger partial charge in [-0.2, -0.15) is 0 Å². The molecule has 0 spiro atoms. The summed E-state index contributed by atoms with van der Waals surface area (Å²) in [4.78, 5) is 14.1. The molecule has 1 aromatic carbocycles. The predicted molar refractivity (Wildman–Crippen MR) is 121 cm³/mol. The lowest BCUT2D eigenvalue weighted by Gasteiger charge is -2.34. The second-order valence-corrected chi connectivity index (χ2v) is 8.63. The SMILES string of the molecule is CCNC(=NCC(c1cccc(Cl)c1)N1CCOCC1)N(C)Cc1csc(C)n1. The van der Waals surface area contributed by atoms with E-state index in [4.69, 9.17) is 21.3 Å². The van der Waals surface area contributed by atoms with Gasteiger partial charge in [-0.25, -0.2) is 4.98 Å². The number of hydrogen-bond acceptors (Lipinski definition) is 5. The van der Waals surface area contributed by atoms with Crippen molar-refractivity contribution in [1.29, 1.82) is 0 Å². The van der Waals surface area contributed by atoms with Gasteiger partial charge in [0, 0.05) is 37.1 Å². The number of aliphatic imine (C=N–C) groups is 1. The smallest absolute Gasteiger partial charge is 0.194 e. The van der Waals surface area contributed by atoms with Crippen molar-refractivity contribution in [3.05, 3.63) is 50.9 Å². The van der Waals surface area contributed by atoms with E-state index in [1.54, 1.807) is 11.3 Å². The van der Waals surface area contributed by atoms with Crippen molar-refractivity contribution in [2.24, 2.45) is 4.99 Å². The van der Waals surface area contributed by atoms with E-state index in [-0.39, 0.29) is 6.04 Å². The van der Waals surface area contributed by atoms with Gasteiger partial charge in [-0.05, 0) is 31.5 Å². The number of nitrogens with one attached hydrogen (secondary N) is 1. The first-order chi connectivity index (χ1) is 14.1. The van der Waals surface area contributed by atoms with E-state index < -0.39 is 0 Å². The van der Waals surface area contributed by atoms with Crippen LogP contribution in [0.25, 0.3) is 0 Å². The van der Waals surface area contributed by atoms with Crippen LogP contribution in [0.4, 0.5) is 0 Å². The number of guanidine groups is 1. The number of nitrogens with zero attached hydrogens (tertiary/aromatic N) is 4. The standard InChI is InChI=1S/C21H30ClN5OS/c1-4-23-21(26(3)14-19-15-29-16(2)25-19)24-13-20(27-8-10-28-11-9-27)17-6-5-7-18(22)12-17/h5-7,12,15,20H,4,8-11,13-14H2,1-3H3,(H,23,24). The molecule has 1 unspecified atom stereocenters. The Labute approximate surface area is 182 Å². The highest BCUT2D eigenvalue weighted by Crippen LogP contribution is 2.25. The van der Waals surface area contributed by atoms with Crippen molar-refractivity contribution in [3.63, 3.8) is 0 Å². The van der Waals surface area contributed by atoms with Crippen molar-refractivity contribution in [1.82, 2.24) is 20.1 Å². The molecule has 8 heteroatoms. The third-order valence-electron chi connectivity index (χ3n) is 4.90. The first kappa shape index (κ1) is 22.0. The lowest BCUT2D eigenvalue weighted by molar-refractivity contribution is 0.0179. The van der Waals surface area contributed by atoms with Crippen molar-refractivity contribution in [2.75, 3.05) is 46.4 Å². The van der Waals surface area contributed by atoms with Crippen LogP contribution in [0.1, 0.15) is 29.2 Å². The normalized spacial score (nSPS) is 16.6. The number of halogens is 1. The maximum atomic E-state index is 6.28. The number of hydrogen-bond donors (Lipinski definition) is 1. The van der Waals surface area contributed by atoms with E-state index in [1.165, 1.54) is 5.56 Å². The Morgan fingerprint density at radius 1 is 1.41 bits per heavy atom. The fourth-order valence-corrected chi connectivity index (χ4v) is 4.28. The van der Waals surface area contributed by atoms with Gasteiger partial charge in [0.1, 0.15) is 0 Å². The Bertz CT molecular complexity index is 806. The van der Waals surface area contributed by atoms with Crippen LogP contribution in [0.15, 0.2) is 34.6 Å². The Balaban J connectivity index is 1.78. The largest absolute Gasteiger partial charge is 0.379 e. The molecule has 1 aromatic heterocycles. The fourth-order valence-electron chi connectivity index (χ4n) is 3.48. The predicted octanol–water partition coefficient (Wildman–Crippen LogP) is 3.58.